The van der Waals surface area contributed by atoms with Crippen molar-refractivity contribution in [1.82, 2.24) is 15.6 Å². The van der Waals surface area contributed by atoms with Crippen LogP contribution >= 0.6 is 0 Å². The number of pyridine rings is 1. The summed E-state index contributed by atoms with van der Waals surface area (Å²) in [6.07, 6.45) is 1.38. The second-order valence-corrected chi connectivity index (χ2v) is 4.91. The Morgan fingerprint density at radius 3 is 2.65 bits per heavy atom. The summed E-state index contributed by atoms with van der Waals surface area (Å²) in [4.78, 5) is 15.5. The number of hydrogen-bond acceptors (Lipinski definition) is 4. The summed E-state index contributed by atoms with van der Waals surface area (Å²) in [6.45, 7) is 6.56. The van der Waals surface area contributed by atoms with Crippen LogP contribution in [0.3, 0.4) is 0 Å². The van der Waals surface area contributed by atoms with Gasteiger partial charge in [0.25, 0.3) is 0 Å². The molecule has 0 unspecified atom stereocenters. The number of hydrogen-bond donors (Lipinski definition) is 3. The molecule has 0 saturated heterocycles. The van der Waals surface area contributed by atoms with Crippen molar-refractivity contribution in [3.8, 4) is 5.75 Å². The van der Waals surface area contributed by atoms with Gasteiger partial charge in [-0.3, -0.25) is 9.78 Å². The summed E-state index contributed by atoms with van der Waals surface area (Å²) in [5.41, 5.74) is 0.571. The maximum Gasteiger partial charge on any atom is 0.234 e. The molecule has 17 heavy (non-hydrogen) atoms. The number of nitrogens with one attached hydrogen (secondary N) is 2. The number of carbonyl (C=O) groups is 1. The maximum atomic E-state index is 11.5. The first-order valence-electron chi connectivity index (χ1n) is 5.52. The van der Waals surface area contributed by atoms with Crippen LogP contribution in [0.4, 0.5) is 0 Å². The zero-order chi connectivity index (χ0) is 12.9. The summed E-state index contributed by atoms with van der Waals surface area (Å²) in [7, 11) is 0. The zero-order valence-corrected chi connectivity index (χ0v) is 10.4. The molecule has 0 aliphatic rings. The quantitative estimate of drug-likeness (QED) is 0.724. The zero-order valence-electron chi connectivity index (χ0n) is 10.4. The van der Waals surface area contributed by atoms with Crippen molar-refractivity contribution >= 4 is 5.91 Å². The Morgan fingerprint density at radius 1 is 1.41 bits per heavy atom. The van der Waals surface area contributed by atoms with Crippen LogP contribution < -0.4 is 10.6 Å². The van der Waals surface area contributed by atoms with Crippen molar-refractivity contribution in [1.29, 1.82) is 0 Å². The first kappa shape index (κ1) is 13.4. The van der Waals surface area contributed by atoms with Gasteiger partial charge in [0.1, 0.15) is 5.75 Å². The molecule has 1 amide bonds. The van der Waals surface area contributed by atoms with Crippen molar-refractivity contribution in [3.63, 3.8) is 0 Å². The minimum Gasteiger partial charge on any atom is -0.506 e. The Kier molecular flexibility index (Phi) is 4.45. The summed E-state index contributed by atoms with van der Waals surface area (Å²) in [5, 5.41) is 14.9. The SMILES string of the molecule is CC(C)(C)NC(=O)CNCc1ccc(O)cn1. The first-order valence-corrected chi connectivity index (χ1v) is 5.52. The number of carbonyl (C=O) groups excluding carboxylic acids is 1. The molecule has 1 rings (SSSR count). The summed E-state index contributed by atoms with van der Waals surface area (Å²) in [5.74, 6) is 0.0931. The van der Waals surface area contributed by atoms with Gasteiger partial charge in [0, 0.05) is 12.1 Å². The van der Waals surface area contributed by atoms with E-state index in [1.807, 2.05) is 20.8 Å². The van der Waals surface area contributed by atoms with Gasteiger partial charge in [-0.2, -0.15) is 0 Å². The molecule has 5 nitrogen and oxygen atoms in total. The molecule has 0 saturated carbocycles. The van der Waals surface area contributed by atoms with Gasteiger partial charge in [0.15, 0.2) is 0 Å². The first-order chi connectivity index (χ1) is 7.87. The van der Waals surface area contributed by atoms with Crippen LogP contribution in [0.2, 0.25) is 0 Å². The molecule has 0 spiro atoms. The fourth-order valence-electron chi connectivity index (χ4n) is 1.29. The van der Waals surface area contributed by atoms with Gasteiger partial charge in [-0.15, -0.1) is 0 Å². The van der Waals surface area contributed by atoms with E-state index >= 15 is 0 Å². The second-order valence-electron chi connectivity index (χ2n) is 4.91. The van der Waals surface area contributed by atoms with Gasteiger partial charge in [-0.1, -0.05) is 0 Å². The van der Waals surface area contributed by atoms with Crippen molar-refractivity contribution < 1.29 is 9.90 Å². The number of amides is 1. The monoisotopic (exact) mass is 237 g/mol. The highest BCUT2D eigenvalue weighted by Gasteiger charge is 2.12. The summed E-state index contributed by atoms with van der Waals surface area (Å²) >= 11 is 0. The highest BCUT2D eigenvalue weighted by molar-refractivity contribution is 5.78. The van der Waals surface area contributed by atoms with E-state index < -0.39 is 0 Å². The second kappa shape index (κ2) is 5.63. The van der Waals surface area contributed by atoms with Crippen LogP contribution in [0.5, 0.6) is 5.75 Å². The summed E-state index contributed by atoms with van der Waals surface area (Å²) < 4.78 is 0. The number of aromatic hydroxyl groups is 1. The van der Waals surface area contributed by atoms with Gasteiger partial charge in [-0.05, 0) is 32.9 Å². The smallest absolute Gasteiger partial charge is 0.234 e. The van der Waals surface area contributed by atoms with Crippen LogP contribution in [0.25, 0.3) is 0 Å². The van der Waals surface area contributed by atoms with E-state index in [0.29, 0.717) is 6.54 Å². The molecule has 3 N–H and O–H groups in total. The molecule has 0 atom stereocenters. The fourth-order valence-corrected chi connectivity index (χ4v) is 1.29. The lowest BCUT2D eigenvalue weighted by atomic mass is 10.1. The van der Waals surface area contributed by atoms with Gasteiger partial charge < -0.3 is 15.7 Å². The molecular weight excluding hydrogens is 218 g/mol. The number of rotatable bonds is 4. The van der Waals surface area contributed by atoms with Crippen LogP contribution in [-0.2, 0) is 11.3 Å². The van der Waals surface area contributed by atoms with Gasteiger partial charge in [0.05, 0.1) is 18.4 Å². The van der Waals surface area contributed by atoms with E-state index in [2.05, 4.69) is 15.6 Å². The molecule has 1 heterocycles. The average Bonchev–Trinajstić information content (AvgIpc) is 2.18. The highest BCUT2D eigenvalue weighted by atomic mass is 16.3. The standard InChI is InChI=1S/C12H19N3O2/c1-12(2,3)15-11(17)8-13-6-9-4-5-10(16)7-14-9/h4-5,7,13,16H,6,8H2,1-3H3,(H,15,17). The molecule has 0 bridgehead atoms. The van der Waals surface area contributed by atoms with E-state index in [9.17, 15) is 4.79 Å². The molecule has 1 aromatic heterocycles. The van der Waals surface area contributed by atoms with Gasteiger partial charge in [0.2, 0.25) is 5.91 Å². The lowest BCUT2D eigenvalue weighted by Gasteiger charge is -2.20. The third-order valence-electron chi connectivity index (χ3n) is 1.92. The molecule has 0 aliphatic carbocycles. The van der Waals surface area contributed by atoms with Crippen LogP contribution in [0, 0.1) is 0 Å². The molecular formula is C12H19N3O2. The minimum absolute atomic E-state index is 0.0451. The Hall–Kier alpha value is -1.62. The lowest BCUT2D eigenvalue weighted by Crippen LogP contribution is -2.44. The molecule has 0 aromatic carbocycles. The Morgan fingerprint density at radius 2 is 2.12 bits per heavy atom. The normalized spacial score (nSPS) is 11.2. The third kappa shape index (κ3) is 5.87. The molecule has 0 radical (unpaired) electrons. The van der Waals surface area contributed by atoms with Crippen molar-refractivity contribution in [2.24, 2.45) is 0 Å². The molecule has 5 heteroatoms. The number of nitrogens with zero attached hydrogens (tertiary/aromatic N) is 1. The Balaban J connectivity index is 2.28. The lowest BCUT2D eigenvalue weighted by molar-refractivity contribution is -0.121. The predicted molar refractivity (Wildman–Crippen MR) is 65.5 cm³/mol. The van der Waals surface area contributed by atoms with Gasteiger partial charge >= 0.3 is 0 Å². The largest absolute Gasteiger partial charge is 0.506 e. The van der Waals surface area contributed by atoms with Crippen LogP contribution in [0.15, 0.2) is 18.3 Å². The van der Waals surface area contributed by atoms with Crippen molar-refractivity contribution in [3.05, 3.63) is 24.0 Å². The van der Waals surface area contributed by atoms with Crippen LogP contribution in [0.1, 0.15) is 26.5 Å². The Labute approximate surface area is 101 Å². The van der Waals surface area contributed by atoms with Gasteiger partial charge in [-0.25, -0.2) is 0 Å². The average molecular weight is 237 g/mol. The van der Waals surface area contributed by atoms with Crippen LogP contribution in [-0.4, -0.2) is 28.1 Å². The Bertz CT molecular complexity index is 368. The maximum absolute atomic E-state index is 11.5. The van der Waals surface area contributed by atoms with E-state index in [4.69, 9.17) is 5.11 Å². The highest BCUT2D eigenvalue weighted by Crippen LogP contribution is 2.05. The molecule has 0 aliphatic heterocycles. The predicted octanol–water partition coefficient (Wildman–Crippen LogP) is 0.791. The van der Waals surface area contributed by atoms with E-state index in [1.54, 1.807) is 12.1 Å². The van der Waals surface area contributed by atoms with E-state index in [0.717, 1.165) is 5.69 Å². The van der Waals surface area contributed by atoms with E-state index in [-0.39, 0.29) is 23.7 Å². The molecule has 0 fully saturated rings. The summed E-state index contributed by atoms with van der Waals surface area (Å²) in [6, 6.07) is 3.28. The minimum atomic E-state index is -0.213. The van der Waals surface area contributed by atoms with Crippen molar-refractivity contribution in [2.45, 2.75) is 32.9 Å². The topological polar surface area (TPSA) is 74.2 Å². The van der Waals surface area contributed by atoms with E-state index in [1.165, 1.54) is 6.20 Å². The molecule has 94 valence electrons. The fraction of sp³-hybridized carbons (Fsp3) is 0.500. The molecule has 1 aromatic rings. The number of aromatic nitrogens is 1. The third-order valence-corrected chi connectivity index (χ3v) is 1.92. The van der Waals surface area contributed by atoms with Crippen molar-refractivity contribution in [2.75, 3.05) is 6.54 Å².